The molecule has 0 spiro atoms. The lowest BCUT2D eigenvalue weighted by Gasteiger charge is -2.25. The van der Waals surface area contributed by atoms with Gasteiger partial charge >= 0.3 is 0 Å². The van der Waals surface area contributed by atoms with Gasteiger partial charge in [0, 0.05) is 17.9 Å². The van der Waals surface area contributed by atoms with E-state index < -0.39 is 6.10 Å². The number of aliphatic hydroxyl groups excluding tert-OH is 1. The van der Waals surface area contributed by atoms with Gasteiger partial charge in [-0.3, -0.25) is 14.5 Å². The summed E-state index contributed by atoms with van der Waals surface area (Å²) in [5, 5.41) is 18.3. The molecule has 0 saturated carbocycles. The van der Waals surface area contributed by atoms with Gasteiger partial charge in [-0.2, -0.15) is 0 Å². The van der Waals surface area contributed by atoms with Gasteiger partial charge < -0.3 is 21.1 Å². The average molecular weight is 360 g/mol. The first kappa shape index (κ1) is 18.8. The van der Waals surface area contributed by atoms with Crippen molar-refractivity contribution in [2.45, 2.75) is 44.8 Å². The molecule has 2 heterocycles. The van der Waals surface area contributed by atoms with E-state index in [1.807, 2.05) is 19.1 Å². The van der Waals surface area contributed by atoms with Crippen LogP contribution in [0, 0.1) is 6.92 Å². The number of amides is 2. The third kappa shape index (κ3) is 5.03. The molecule has 142 valence electrons. The Morgan fingerprint density at radius 1 is 1.23 bits per heavy atom. The quantitative estimate of drug-likeness (QED) is 0.631. The Bertz CT molecular complexity index is 658. The summed E-state index contributed by atoms with van der Waals surface area (Å²) in [6, 6.07) is 5.10. The first-order chi connectivity index (χ1) is 12.5. The molecule has 4 N–H and O–H groups in total. The number of piperidine rings is 1. The Hall–Kier alpha value is -1.96. The number of anilines is 2. The summed E-state index contributed by atoms with van der Waals surface area (Å²) in [5.74, 6) is -0.199. The Balaban J connectivity index is 1.58. The van der Waals surface area contributed by atoms with Gasteiger partial charge in [-0.15, -0.1) is 0 Å². The molecule has 7 nitrogen and oxygen atoms in total. The second kappa shape index (κ2) is 8.62. The molecule has 2 saturated heterocycles. The second-order valence-corrected chi connectivity index (χ2v) is 7.25. The summed E-state index contributed by atoms with van der Waals surface area (Å²) in [6.07, 6.45) is 3.48. The number of aryl methyl sites for hydroxylation is 1. The first-order valence-electron chi connectivity index (χ1n) is 9.36. The zero-order valence-corrected chi connectivity index (χ0v) is 15.3. The summed E-state index contributed by atoms with van der Waals surface area (Å²) in [7, 11) is 0. The monoisotopic (exact) mass is 360 g/mol. The van der Waals surface area contributed by atoms with Gasteiger partial charge in [-0.05, 0) is 57.0 Å². The number of hydrogen-bond acceptors (Lipinski definition) is 5. The number of nitrogens with zero attached hydrogens (tertiary/aromatic N) is 1. The molecule has 0 bridgehead atoms. The van der Waals surface area contributed by atoms with Gasteiger partial charge in [-0.1, -0.05) is 12.5 Å². The van der Waals surface area contributed by atoms with Crippen molar-refractivity contribution in [2.24, 2.45) is 0 Å². The minimum Gasteiger partial charge on any atom is -0.392 e. The molecule has 2 fully saturated rings. The number of benzene rings is 1. The molecule has 2 aliphatic heterocycles. The van der Waals surface area contributed by atoms with Crippen LogP contribution in [0.5, 0.6) is 0 Å². The minimum atomic E-state index is -0.478. The van der Waals surface area contributed by atoms with Crippen LogP contribution >= 0.6 is 0 Å². The van der Waals surface area contributed by atoms with Crippen LogP contribution in [0.2, 0.25) is 0 Å². The van der Waals surface area contributed by atoms with E-state index in [0.29, 0.717) is 30.9 Å². The maximum absolute atomic E-state index is 12.3. The van der Waals surface area contributed by atoms with Gasteiger partial charge in [-0.25, -0.2) is 0 Å². The molecule has 3 rings (SSSR count). The predicted octanol–water partition coefficient (Wildman–Crippen LogP) is 1.08. The first-order valence-corrected chi connectivity index (χ1v) is 9.36. The van der Waals surface area contributed by atoms with Gasteiger partial charge in [0.15, 0.2) is 0 Å². The van der Waals surface area contributed by atoms with Crippen LogP contribution in [0.25, 0.3) is 0 Å². The van der Waals surface area contributed by atoms with Crippen LogP contribution < -0.4 is 16.0 Å². The van der Waals surface area contributed by atoms with Crippen molar-refractivity contribution in [3.8, 4) is 0 Å². The van der Waals surface area contributed by atoms with Crippen LogP contribution in [-0.2, 0) is 9.59 Å². The molecule has 2 aliphatic rings. The van der Waals surface area contributed by atoms with Crippen molar-refractivity contribution in [3.63, 3.8) is 0 Å². The van der Waals surface area contributed by atoms with Crippen molar-refractivity contribution in [3.05, 3.63) is 23.8 Å². The fraction of sp³-hybridized carbons (Fsp3) is 0.579. The highest BCUT2D eigenvalue weighted by molar-refractivity contribution is 5.97. The third-order valence-electron chi connectivity index (χ3n) is 5.02. The fourth-order valence-electron chi connectivity index (χ4n) is 3.49. The van der Waals surface area contributed by atoms with E-state index >= 15 is 0 Å². The summed E-state index contributed by atoms with van der Waals surface area (Å²) in [4.78, 5) is 26.8. The van der Waals surface area contributed by atoms with Crippen LogP contribution in [0.3, 0.4) is 0 Å². The van der Waals surface area contributed by atoms with Gasteiger partial charge in [0.25, 0.3) is 0 Å². The Morgan fingerprint density at radius 2 is 2.00 bits per heavy atom. The average Bonchev–Trinajstić information content (AvgIpc) is 3.05. The van der Waals surface area contributed by atoms with Crippen LogP contribution in [0.4, 0.5) is 11.4 Å². The number of nitrogens with one attached hydrogen (secondary N) is 3. The maximum Gasteiger partial charge on any atom is 0.241 e. The highest BCUT2D eigenvalue weighted by Crippen LogP contribution is 2.21. The molecule has 0 radical (unpaired) electrons. The normalized spacial score (nSPS) is 23.6. The number of carbonyl (C=O) groups excluding carboxylic acids is 2. The Labute approximate surface area is 154 Å². The molecular weight excluding hydrogens is 332 g/mol. The number of hydrogen-bond donors (Lipinski definition) is 4. The second-order valence-electron chi connectivity index (χ2n) is 7.25. The summed E-state index contributed by atoms with van der Waals surface area (Å²) in [5.41, 5.74) is 2.30. The van der Waals surface area contributed by atoms with E-state index in [1.54, 1.807) is 6.07 Å². The molecule has 1 aromatic carbocycles. The van der Waals surface area contributed by atoms with E-state index in [9.17, 15) is 14.7 Å². The SMILES string of the molecule is Cc1ccc(NC(=O)C2CC(O)CN2)cc1NC(=O)CN1CCCCC1. The number of aliphatic hydroxyl groups is 1. The third-order valence-corrected chi connectivity index (χ3v) is 5.02. The lowest BCUT2D eigenvalue weighted by atomic mass is 10.1. The Morgan fingerprint density at radius 3 is 2.69 bits per heavy atom. The minimum absolute atomic E-state index is 0.0286. The number of β-amino-alcohol motifs (C(OH)–C–C–N with tert-alkyl or cyclic N) is 1. The molecule has 7 heteroatoms. The van der Waals surface area contributed by atoms with Crippen molar-refractivity contribution >= 4 is 23.2 Å². The smallest absolute Gasteiger partial charge is 0.241 e. The number of carbonyl (C=O) groups is 2. The van der Waals surface area contributed by atoms with Crippen LogP contribution in [0.1, 0.15) is 31.2 Å². The standard InChI is InChI=1S/C19H28N4O3/c1-13-5-6-14(21-19(26)17-10-15(24)11-20-17)9-16(13)22-18(25)12-23-7-3-2-4-8-23/h5-6,9,15,17,20,24H,2-4,7-8,10-12H2,1H3,(H,21,26)(H,22,25). The van der Waals surface area contributed by atoms with Crippen LogP contribution in [0.15, 0.2) is 18.2 Å². The molecule has 0 aromatic heterocycles. The lowest BCUT2D eigenvalue weighted by molar-refractivity contribution is -0.118. The van der Waals surface area contributed by atoms with Crippen molar-refractivity contribution in [1.82, 2.24) is 10.2 Å². The highest BCUT2D eigenvalue weighted by Gasteiger charge is 2.28. The molecule has 26 heavy (non-hydrogen) atoms. The largest absolute Gasteiger partial charge is 0.392 e. The van der Waals surface area contributed by atoms with Gasteiger partial charge in [0.05, 0.1) is 18.7 Å². The lowest BCUT2D eigenvalue weighted by Crippen LogP contribution is -2.37. The summed E-state index contributed by atoms with van der Waals surface area (Å²) < 4.78 is 0. The van der Waals surface area contributed by atoms with Gasteiger partial charge in [0.1, 0.15) is 0 Å². The van der Waals surface area contributed by atoms with E-state index in [-0.39, 0.29) is 17.9 Å². The van der Waals surface area contributed by atoms with E-state index in [0.717, 1.165) is 31.5 Å². The van der Waals surface area contributed by atoms with Crippen molar-refractivity contribution < 1.29 is 14.7 Å². The predicted molar refractivity (Wildman–Crippen MR) is 101 cm³/mol. The molecule has 2 atom stereocenters. The molecule has 1 aromatic rings. The zero-order chi connectivity index (χ0) is 18.5. The van der Waals surface area contributed by atoms with Gasteiger partial charge in [0.2, 0.25) is 11.8 Å². The molecule has 0 aliphatic carbocycles. The van der Waals surface area contributed by atoms with E-state index in [1.165, 1.54) is 6.42 Å². The van der Waals surface area contributed by atoms with Crippen molar-refractivity contribution in [1.29, 1.82) is 0 Å². The van der Waals surface area contributed by atoms with Crippen LogP contribution in [-0.4, -0.2) is 60.1 Å². The van der Waals surface area contributed by atoms with E-state index in [2.05, 4.69) is 20.9 Å². The molecular formula is C19H28N4O3. The van der Waals surface area contributed by atoms with Crippen molar-refractivity contribution in [2.75, 3.05) is 36.8 Å². The fourth-order valence-corrected chi connectivity index (χ4v) is 3.49. The summed E-state index contributed by atoms with van der Waals surface area (Å²) in [6.45, 7) is 4.71. The molecule has 2 amide bonds. The molecule has 2 unspecified atom stereocenters. The van der Waals surface area contributed by atoms with E-state index in [4.69, 9.17) is 0 Å². The summed E-state index contributed by atoms with van der Waals surface area (Å²) >= 11 is 0. The maximum atomic E-state index is 12.3. The Kier molecular flexibility index (Phi) is 6.24. The number of rotatable bonds is 5. The number of likely N-dealkylation sites (tertiary alicyclic amines) is 1. The highest BCUT2D eigenvalue weighted by atomic mass is 16.3. The topological polar surface area (TPSA) is 93.7 Å². The zero-order valence-electron chi connectivity index (χ0n) is 15.3.